The van der Waals surface area contributed by atoms with Crippen LogP contribution in [0.5, 0.6) is 0 Å². The molecule has 4 heteroatoms. The lowest BCUT2D eigenvalue weighted by Gasteiger charge is -1.88. The molecule has 0 aliphatic rings. The Balaban J connectivity index is 0.000000304. The molecule has 0 saturated heterocycles. The summed E-state index contributed by atoms with van der Waals surface area (Å²) in [7, 11) is 0. The van der Waals surface area contributed by atoms with E-state index >= 15 is 0 Å². The van der Waals surface area contributed by atoms with E-state index in [1.54, 1.807) is 42.5 Å². The van der Waals surface area contributed by atoms with Crippen LogP contribution in [0.3, 0.4) is 0 Å². The van der Waals surface area contributed by atoms with E-state index in [0.29, 0.717) is 5.56 Å². The van der Waals surface area contributed by atoms with Crippen molar-refractivity contribution >= 4 is 11.9 Å². The summed E-state index contributed by atoms with van der Waals surface area (Å²) in [5.74, 6) is -1.79. The van der Waals surface area contributed by atoms with Gasteiger partial charge in [-0.15, -0.1) is 0 Å². The molecule has 1 aromatic rings. The Labute approximate surface area is 99.5 Å². The molecule has 17 heavy (non-hydrogen) atoms. The van der Waals surface area contributed by atoms with Crippen molar-refractivity contribution < 1.29 is 19.8 Å². The van der Waals surface area contributed by atoms with E-state index in [2.05, 4.69) is 0 Å². The highest BCUT2D eigenvalue weighted by atomic mass is 16.4. The fourth-order valence-electron chi connectivity index (χ4n) is 0.830. The Kier molecular flexibility index (Phi) is 7.67. The maximum absolute atomic E-state index is 10.2. The first-order valence-corrected chi connectivity index (χ1v) is 4.88. The van der Waals surface area contributed by atoms with Gasteiger partial charge in [-0.1, -0.05) is 36.4 Å². The minimum atomic E-state index is -0.914. The van der Waals surface area contributed by atoms with Crippen molar-refractivity contribution in [3.63, 3.8) is 0 Å². The van der Waals surface area contributed by atoms with Crippen LogP contribution in [-0.2, 0) is 4.79 Å². The van der Waals surface area contributed by atoms with Crippen molar-refractivity contribution in [2.24, 2.45) is 0 Å². The maximum atomic E-state index is 10.2. The largest absolute Gasteiger partial charge is 0.478 e. The Morgan fingerprint density at radius 1 is 1.06 bits per heavy atom. The van der Waals surface area contributed by atoms with E-state index < -0.39 is 11.9 Å². The molecule has 90 valence electrons. The van der Waals surface area contributed by atoms with Gasteiger partial charge >= 0.3 is 11.9 Å². The zero-order valence-corrected chi connectivity index (χ0v) is 9.41. The summed E-state index contributed by atoms with van der Waals surface area (Å²) in [5.41, 5.74) is 0.331. The van der Waals surface area contributed by atoms with Gasteiger partial charge in [0, 0.05) is 6.08 Å². The second-order valence-electron chi connectivity index (χ2n) is 2.89. The van der Waals surface area contributed by atoms with Gasteiger partial charge in [-0.3, -0.25) is 0 Å². The molecule has 0 aliphatic heterocycles. The fraction of sp³-hybridized carbons (Fsp3) is 0.0769. The van der Waals surface area contributed by atoms with Crippen LogP contribution in [0.1, 0.15) is 17.3 Å². The van der Waals surface area contributed by atoms with Crippen LogP contribution in [0, 0.1) is 0 Å². The van der Waals surface area contributed by atoms with Gasteiger partial charge in [0.05, 0.1) is 5.56 Å². The lowest BCUT2D eigenvalue weighted by molar-refractivity contribution is -0.131. The number of rotatable bonds is 3. The number of carbonyl (C=O) groups is 2. The van der Waals surface area contributed by atoms with E-state index in [-0.39, 0.29) is 0 Å². The van der Waals surface area contributed by atoms with Crippen LogP contribution >= 0.6 is 0 Å². The third-order valence-electron chi connectivity index (χ3n) is 1.56. The van der Waals surface area contributed by atoms with Gasteiger partial charge in [0.2, 0.25) is 0 Å². The lowest BCUT2D eigenvalue weighted by Crippen LogP contribution is -1.93. The van der Waals surface area contributed by atoms with Crippen molar-refractivity contribution in [1.29, 1.82) is 0 Å². The Morgan fingerprint density at radius 3 is 2.00 bits per heavy atom. The van der Waals surface area contributed by atoms with Crippen LogP contribution in [0.25, 0.3) is 0 Å². The summed E-state index contributed by atoms with van der Waals surface area (Å²) < 4.78 is 0. The third kappa shape index (κ3) is 8.62. The number of aromatic carboxylic acids is 1. The molecule has 1 aromatic carbocycles. The van der Waals surface area contributed by atoms with Gasteiger partial charge in [-0.05, 0) is 19.1 Å². The van der Waals surface area contributed by atoms with Crippen LogP contribution in [-0.4, -0.2) is 22.2 Å². The third-order valence-corrected chi connectivity index (χ3v) is 1.56. The molecule has 4 nitrogen and oxygen atoms in total. The van der Waals surface area contributed by atoms with Crippen molar-refractivity contribution in [3.8, 4) is 0 Å². The molecule has 0 aromatic heterocycles. The average Bonchev–Trinajstić information content (AvgIpc) is 2.31. The molecule has 0 heterocycles. The summed E-state index contributed by atoms with van der Waals surface area (Å²) in [6.45, 7) is 1.83. The topological polar surface area (TPSA) is 74.6 Å². The number of allylic oxidation sites excluding steroid dienone is 3. The first-order chi connectivity index (χ1) is 8.07. The Bertz CT molecular complexity index is 405. The molecule has 0 atom stereocenters. The quantitative estimate of drug-likeness (QED) is 0.622. The second kappa shape index (κ2) is 8.91. The zero-order chi connectivity index (χ0) is 13.1. The molecule has 0 unspecified atom stereocenters. The summed E-state index contributed by atoms with van der Waals surface area (Å²) in [6, 6.07) is 8.30. The molecule has 0 fully saturated rings. The van der Waals surface area contributed by atoms with Crippen molar-refractivity contribution in [2.45, 2.75) is 6.92 Å². The Morgan fingerprint density at radius 2 is 1.65 bits per heavy atom. The summed E-state index contributed by atoms with van der Waals surface area (Å²) >= 11 is 0. The van der Waals surface area contributed by atoms with Gasteiger partial charge in [-0.25, -0.2) is 9.59 Å². The number of hydrogen-bond acceptors (Lipinski definition) is 2. The van der Waals surface area contributed by atoms with E-state index in [0.717, 1.165) is 6.08 Å². The van der Waals surface area contributed by atoms with Crippen molar-refractivity contribution in [2.75, 3.05) is 0 Å². The second-order valence-corrected chi connectivity index (χ2v) is 2.89. The molecule has 0 aliphatic carbocycles. The molecule has 0 saturated carbocycles. The average molecular weight is 234 g/mol. The van der Waals surface area contributed by atoms with Gasteiger partial charge in [0.15, 0.2) is 0 Å². The van der Waals surface area contributed by atoms with Gasteiger partial charge in [-0.2, -0.15) is 0 Å². The summed E-state index contributed by atoms with van der Waals surface area (Å²) in [5, 5.41) is 16.4. The smallest absolute Gasteiger partial charge is 0.335 e. The highest BCUT2D eigenvalue weighted by Gasteiger charge is 1.96. The Hall–Kier alpha value is -2.36. The highest BCUT2D eigenvalue weighted by molar-refractivity contribution is 5.87. The SMILES string of the molecule is CC=CC=CC(=O)O.O=C(O)c1ccccc1. The number of hydrogen-bond donors (Lipinski definition) is 2. The fourth-order valence-corrected chi connectivity index (χ4v) is 0.830. The molecule has 0 radical (unpaired) electrons. The number of carboxylic acid groups (broad SMARTS) is 2. The minimum absolute atomic E-state index is 0.331. The standard InChI is InChI=1S/C7H6O2.C6H8O2/c8-7(9)6-4-2-1-3-5-6;1-2-3-4-5-6(7)8/h1-5H,(H,8,9);2-5H,1H3,(H,7,8). The van der Waals surface area contributed by atoms with E-state index in [4.69, 9.17) is 10.2 Å². The predicted molar refractivity (Wildman–Crippen MR) is 65.0 cm³/mol. The first kappa shape index (κ1) is 14.6. The molecule has 0 bridgehead atoms. The van der Waals surface area contributed by atoms with Crippen LogP contribution in [0.4, 0.5) is 0 Å². The van der Waals surface area contributed by atoms with Gasteiger partial charge in [0.25, 0.3) is 0 Å². The first-order valence-electron chi connectivity index (χ1n) is 4.88. The number of benzene rings is 1. The molecule has 1 rings (SSSR count). The molecule has 0 amide bonds. The van der Waals surface area contributed by atoms with Crippen molar-refractivity contribution in [3.05, 3.63) is 60.2 Å². The summed E-state index contributed by atoms with van der Waals surface area (Å²) in [4.78, 5) is 20.0. The monoisotopic (exact) mass is 234 g/mol. The molecular weight excluding hydrogens is 220 g/mol. The van der Waals surface area contributed by atoms with E-state index in [9.17, 15) is 9.59 Å². The van der Waals surface area contributed by atoms with E-state index in [1.165, 1.54) is 6.08 Å². The number of aliphatic carboxylic acids is 1. The van der Waals surface area contributed by atoms with Crippen LogP contribution in [0.2, 0.25) is 0 Å². The maximum Gasteiger partial charge on any atom is 0.335 e. The molecular formula is C13H14O4. The van der Waals surface area contributed by atoms with Gasteiger partial charge < -0.3 is 10.2 Å². The molecule has 2 N–H and O–H groups in total. The van der Waals surface area contributed by atoms with E-state index in [1.807, 2.05) is 6.92 Å². The summed E-state index contributed by atoms with van der Waals surface area (Å²) in [6.07, 6.45) is 5.98. The predicted octanol–water partition coefficient (Wildman–Crippen LogP) is 2.59. The zero-order valence-electron chi connectivity index (χ0n) is 9.41. The van der Waals surface area contributed by atoms with Crippen LogP contribution in [0.15, 0.2) is 54.6 Å². The van der Waals surface area contributed by atoms with Crippen molar-refractivity contribution in [1.82, 2.24) is 0 Å². The van der Waals surface area contributed by atoms with Crippen LogP contribution < -0.4 is 0 Å². The molecule has 0 spiro atoms. The normalized spacial score (nSPS) is 9.94. The highest BCUT2D eigenvalue weighted by Crippen LogP contribution is 1.96. The van der Waals surface area contributed by atoms with Gasteiger partial charge in [0.1, 0.15) is 0 Å². The minimum Gasteiger partial charge on any atom is -0.478 e. The lowest BCUT2D eigenvalue weighted by atomic mass is 10.2. The number of carboxylic acids is 2.